The highest BCUT2D eigenvalue weighted by atomic mass is 16.5. The van der Waals surface area contributed by atoms with Crippen molar-refractivity contribution in [2.24, 2.45) is 5.92 Å². The number of hydrogen-bond donors (Lipinski definition) is 0. The summed E-state index contributed by atoms with van der Waals surface area (Å²) in [6.45, 7) is 3.61. The minimum absolute atomic E-state index is 0.127. The van der Waals surface area contributed by atoms with Gasteiger partial charge in [0.15, 0.2) is 0 Å². The number of anilines is 1. The lowest BCUT2D eigenvalue weighted by Crippen LogP contribution is -2.50. The molecule has 3 fully saturated rings. The van der Waals surface area contributed by atoms with Gasteiger partial charge in [-0.15, -0.1) is 0 Å². The van der Waals surface area contributed by atoms with Crippen molar-refractivity contribution in [3.05, 3.63) is 58.1 Å². The van der Waals surface area contributed by atoms with Crippen molar-refractivity contribution in [2.75, 3.05) is 31.1 Å². The number of morpholine rings is 1. The van der Waals surface area contributed by atoms with E-state index < -0.39 is 0 Å². The quantitative estimate of drug-likeness (QED) is 0.762. The van der Waals surface area contributed by atoms with Gasteiger partial charge in [-0.05, 0) is 49.4 Å². The number of hydrogen-bond acceptors (Lipinski definition) is 5. The van der Waals surface area contributed by atoms with Crippen molar-refractivity contribution in [3.63, 3.8) is 0 Å². The summed E-state index contributed by atoms with van der Waals surface area (Å²) in [6.07, 6.45) is 5.19. The van der Waals surface area contributed by atoms with E-state index >= 15 is 0 Å². The van der Waals surface area contributed by atoms with E-state index in [-0.39, 0.29) is 29.6 Å². The Kier molecular flexibility index (Phi) is 4.19. The molecule has 0 aliphatic carbocycles. The van der Waals surface area contributed by atoms with Gasteiger partial charge in [-0.1, -0.05) is 6.07 Å². The Labute approximate surface area is 175 Å². The topological polar surface area (TPSA) is 67.7 Å². The molecule has 156 valence electrons. The molecule has 0 aromatic carbocycles. The Morgan fingerprint density at radius 2 is 1.83 bits per heavy atom. The lowest BCUT2D eigenvalue weighted by atomic mass is 9.83. The Morgan fingerprint density at radius 1 is 1.00 bits per heavy atom. The minimum atomic E-state index is -0.138. The van der Waals surface area contributed by atoms with Crippen LogP contribution >= 0.6 is 0 Å². The monoisotopic (exact) mass is 406 g/mol. The van der Waals surface area contributed by atoms with Crippen molar-refractivity contribution in [3.8, 4) is 0 Å². The average molecular weight is 406 g/mol. The van der Waals surface area contributed by atoms with Crippen molar-refractivity contribution in [2.45, 2.75) is 43.9 Å². The number of pyridine rings is 2. The predicted octanol–water partition coefficient (Wildman–Crippen LogP) is 1.87. The van der Waals surface area contributed by atoms with E-state index in [1.54, 1.807) is 6.07 Å². The molecule has 7 nitrogen and oxygen atoms in total. The molecule has 4 bridgehead atoms. The lowest BCUT2D eigenvalue weighted by Gasteiger charge is -2.43. The minimum Gasteiger partial charge on any atom is -0.371 e. The summed E-state index contributed by atoms with van der Waals surface area (Å²) < 4.78 is 7.72. The number of nitrogens with zero attached hydrogens (tertiary/aromatic N) is 4. The van der Waals surface area contributed by atoms with Crippen molar-refractivity contribution < 1.29 is 9.53 Å². The van der Waals surface area contributed by atoms with Gasteiger partial charge >= 0.3 is 0 Å². The lowest BCUT2D eigenvalue weighted by molar-refractivity contribution is -0.0304. The van der Waals surface area contributed by atoms with Crippen LogP contribution in [0.3, 0.4) is 0 Å². The van der Waals surface area contributed by atoms with Crippen LogP contribution in [0.15, 0.2) is 41.3 Å². The van der Waals surface area contributed by atoms with Crippen molar-refractivity contribution >= 4 is 11.7 Å². The molecule has 4 aliphatic rings. The Morgan fingerprint density at radius 3 is 2.60 bits per heavy atom. The zero-order chi connectivity index (χ0) is 20.2. The molecule has 0 unspecified atom stereocenters. The maximum Gasteiger partial charge on any atom is 0.263 e. The number of ether oxygens (including phenoxy) is 1. The van der Waals surface area contributed by atoms with Crippen LogP contribution in [0.1, 0.15) is 41.2 Å². The summed E-state index contributed by atoms with van der Waals surface area (Å²) in [5.74, 6) is 1.54. The molecule has 0 radical (unpaired) electrons. The van der Waals surface area contributed by atoms with Gasteiger partial charge in [0, 0.05) is 50.5 Å². The van der Waals surface area contributed by atoms with Gasteiger partial charge in [0.25, 0.3) is 11.5 Å². The first-order chi connectivity index (χ1) is 14.7. The maximum atomic E-state index is 13.3. The molecule has 30 heavy (non-hydrogen) atoms. The standard InChI is InChI=1S/C23H26N4O3/c28-22(26-13-17-4-5-18(14-26)30-17)19-6-7-20-16-9-15(11-27(20)23(19)29)10-25(12-16)21-3-1-2-8-24-21/h1-3,6-8,15-18H,4-5,9-14H2/t15-,16+,17-,18+/m0/s1. The second-order valence-electron chi connectivity index (χ2n) is 9.15. The number of aromatic nitrogens is 2. The molecule has 0 N–H and O–H groups in total. The van der Waals surface area contributed by atoms with E-state index in [2.05, 4.69) is 9.88 Å². The summed E-state index contributed by atoms with van der Waals surface area (Å²) in [4.78, 5) is 35.1. The van der Waals surface area contributed by atoms with Gasteiger partial charge in [-0.2, -0.15) is 0 Å². The number of rotatable bonds is 2. The first-order valence-electron chi connectivity index (χ1n) is 11.0. The van der Waals surface area contributed by atoms with Crippen LogP contribution in [0.4, 0.5) is 5.82 Å². The van der Waals surface area contributed by atoms with Crippen LogP contribution < -0.4 is 10.5 Å². The fourth-order valence-electron chi connectivity index (χ4n) is 5.79. The normalized spacial score (nSPS) is 29.6. The van der Waals surface area contributed by atoms with Gasteiger partial charge in [-0.25, -0.2) is 4.98 Å². The first kappa shape index (κ1) is 18.1. The summed E-state index contributed by atoms with van der Waals surface area (Å²) in [6, 6.07) is 9.76. The number of piperidine rings is 1. The zero-order valence-corrected chi connectivity index (χ0v) is 16.9. The smallest absolute Gasteiger partial charge is 0.263 e. The molecule has 6 rings (SSSR count). The molecule has 2 aromatic rings. The summed E-state index contributed by atoms with van der Waals surface area (Å²) in [7, 11) is 0. The van der Waals surface area contributed by atoms with Crippen LogP contribution in [0.5, 0.6) is 0 Å². The number of amides is 1. The third-order valence-electron chi connectivity index (χ3n) is 7.14. The zero-order valence-electron chi connectivity index (χ0n) is 16.9. The number of carbonyl (C=O) groups is 1. The highest BCUT2D eigenvalue weighted by Crippen LogP contribution is 2.36. The fraction of sp³-hybridized carbons (Fsp3) is 0.522. The average Bonchev–Trinajstić information content (AvgIpc) is 3.12. The number of likely N-dealkylation sites (tertiary alicyclic amines) is 1. The van der Waals surface area contributed by atoms with E-state index in [9.17, 15) is 9.59 Å². The van der Waals surface area contributed by atoms with Crippen LogP contribution in [-0.4, -0.2) is 58.7 Å². The SMILES string of the molecule is O=C(c1ccc2n(c1=O)C[C@H]1C[C@@H]2CN(c2ccccn2)C1)N1C[C@H]2CC[C@@H](C1)O2. The molecule has 7 heteroatoms. The van der Waals surface area contributed by atoms with Crippen molar-refractivity contribution in [1.82, 2.24) is 14.5 Å². The van der Waals surface area contributed by atoms with E-state index in [1.807, 2.05) is 39.9 Å². The molecular weight excluding hydrogens is 380 g/mol. The molecule has 4 atom stereocenters. The van der Waals surface area contributed by atoms with Crippen LogP contribution in [0.25, 0.3) is 0 Å². The largest absolute Gasteiger partial charge is 0.371 e. The predicted molar refractivity (Wildman–Crippen MR) is 112 cm³/mol. The fourth-order valence-corrected chi connectivity index (χ4v) is 5.79. The molecular formula is C23H26N4O3. The van der Waals surface area contributed by atoms with E-state index in [0.717, 1.165) is 43.9 Å². The maximum absolute atomic E-state index is 13.3. The summed E-state index contributed by atoms with van der Waals surface area (Å²) >= 11 is 0. The van der Waals surface area contributed by atoms with E-state index in [1.165, 1.54) is 0 Å². The van der Waals surface area contributed by atoms with Gasteiger partial charge in [-0.3, -0.25) is 9.59 Å². The summed E-state index contributed by atoms with van der Waals surface area (Å²) in [5.41, 5.74) is 1.23. The number of fused-ring (bicyclic) bond motifs is 6. The Hall–Kier alpha value is -2.67. The van der Waals surface area contributed by atoms with Crippen LogP contribution in [0, 0.1) is 5.92 Å². The van der Waals surface area contributed by atoms with Crippen LogP contribution in [0.2, 0.25) is 0 Å². The van der Waals surface area contributed by atoms with Crippen LogP contribution in [-0.2, 0) is 11.3 Å². The van der Waals surface area contributed by atoms with Crippen molar-refractivity contribution in [1.29, 1.82) is 0 Å². The van der Waals surface area contributed by atoms with E-state index in [0.29, 0.717) is 31.1 Å². The first-order valence-corrected chi connectivity index (χ1v) is 11.0. The highest BCUT2D eigenvalue weighted by molar-refractivity contribution is 5.94. The molecule has 1 amide bonds. The second-order valence-corrected chi connectivity index (χ2v) is 9.15. The van der Waals surface area contributed by atoms with E-state index in [4.69, 9.17) is 4.74 Å². The molecule has 3 saturated heterocycles. The molecule has 0 spiro atoms. The van der Waals surface area contributed by atoms with Gasteiger partial charge < -0.3 is 19.1 Å². The molecule has 2 aromatic heterocycles. The van der Waals surface area contributed by atoms with Gasteiger partial charge in [0.05, 0.1) is 12.2 Å². The molecule has 4 aliphatic heterocycles. The van der Waals surface area contributed by atoms with Gasteiger partial charge in [0.2, 0.25) is 0 Å². The molecule has 6 heterocycles. The highest BCUT2D eigenvalue weighted by Gasteiger charge is 2.38. The Bertz CT molecular complexity index is 1020. The molecule has 0 saturated carbocycles. The number of carbonyl (C=O) groups excluding carboxylic acids is 1. The van der Waals surface area contributed by atoms with Gasteiger partial charge in [0.1, 0.15) is 11.4 Å². The Balaban J connectivity index is 1.28. The second kappa shape index (κ2) is 6.94. The third kappa shape index (κ3) is 2.95. The third-order valence-corrected chi connectivity index (χ3v) is 7.14. The summed E-state index contributed by atoms with van der Waals surface area (Å²) in [5, 5.41) is 0.